The van der Waals surface area contributed by atoms with Crippen molar-refractivity contribution in [2.75, 3.05) is 25.5 Å². The molecule has 2 N–H and O–H groups in total. The quantitative estimate of drug-likeness (QED) is 0.284. The first-order valence-corrected chi connectivity index (χ1v) is 17.3. The number of aliphatic hydroxyl groups is 2. The van der Waals surface area contributed by atoms with E-state index in [0.717, 1.165) is 24.6 Å². The van der Waals surface area contributed by atoms with E-state index >= 15 is 0 Å². The lowest BCUT2D eigenvalue weighted by Gasteiger charge is -2.62. The summed E-state index contributed by atoms with van der Waals surface area (Å²) in [5, 5.41) is 21.4. The number of carbonyl (C=O) groups excluding carboxylic acids is 4. The van der Waals surface area contributed by atoms with Crippen LogP contribution in [0.4, 0.5) is 4.79 Å². The first-order valence-electron chi connectivity index (χ1n) is 15.1. The lowest BCUT2D eigenvalue weighted by atomic mass is 9.43. The number of carbonyl (C=O) groups is 4. The average molecular weight is 644 g/mol. The third-order valence-corrected chi connectivity index (χ3v) is 13.8. The fourth-order valence-electron chi connectivity index (χ4n) is 8.62. The number of amides is 2. The Morgan fingerprint density at radius 1 is 1.24 bits per heavy atom. The predicted molar refractivity (Wildman–Crippen MR) is 166 cm³/mol. The van der Waals surface area contributed by atoms with Crippen LogP contribution in [0.1, 0.15) is 79.6 Å². The summed E-state index contributed by atoms with van der Waals surface area (Å²) < 4.78 is 12.0. The molecular formula is C30H45NO8S3. The zero-order valence-electron chi connectivity index (χ0n) is 25.3. The van der Waals surface area contributed by atoms with E-state index < -0.39 is 46.3 Å². The summed E-state index contributed by atoms with van der Waals surface area (Å²) in [5.74, 6) is -0.894. The molecule has 1 heterocycles. The van der Waals surface area contributed by atoms with Gasteiger partial charge in [0.25, 0.3) is 5.24 Å². The van der Waals surface area contributed by atoms with E-state index in [1.54, 1.807) is 0 Å². The fourth-order valence-corrected chi connectivity index (χ4v) is 11.0. The number of hydrogen-bond acceptors (Lipinski definition) is 11. The number of imide groups is 1. The second kappa shape index (κ2) is 13.0. The largest absolute Gasteiger partial charge is 0.479 e. The summed E-state index contributed by atoms with van der Waals surface area (Å²) in [6.07, 6.45) is 1.64. The minimum Gasteiger partial charge on any atom is -0.479 e. The normalized spacial score (nSPS) is 38.8. The number of Topliss-reactive ketones (excluding diaryl/α,β-unsaturated/α-hetero) is 1. The van der Waals surface area contributed by atoms with Crippen molar-refractivity contribution in [3.05, 3.63) is 0 Å². The van der Waals surface area contributed by atoms with Crippen LogP contribution in [-0.2, 0) is 23.9 Å². The van der Waals surface area contributed by atoms with Crippen LogP contribution in [0, 0.1) is 34.0 Å². The zero-order valence-corrected chi connectivity index (χ0v) is 27.7. The average Bonchev–Trinajstić information content (AvgIpc) is 3.54. The molecule has 2 amide bonds. The summed E-state index contributed by atoms with van der Waals surface area (Å²) >= 11 is 7.97. The van der Waals surface area contributed by atoms with Gasteiger partial charge in [0.15, 0.2) is 0 Å². The topological polar surface area (TPSA) is 130 Å². The molecule has 0 aromatic heterocycles. The molecule has 0 aromatic carbocycles. The third kappa shape index (κ3) is 5.79. The van der Waals surface area contributed by atoms with Crippen LogP contribution in [0.2, 0.25) is 0 Å². The molecule has 9 atom stereocenters. The SMILES string of the molecule is CCOC(=S)SC(CCC(=O)N1CCSC1=O)[C@]1(C)C[C@@H](OC(=O)CO)[C@]2(C)[C@H](C)CC[C@]3(CCC(=O)[C@H]32)[C@@H](C)[C@@H]1O. The molecule has 1 aliphatic heterocycles. The molecule has 1 saturated heterocycles. The minimum atomic E-state index is -0.933. The Morgan fingerprint density at radius 2 is 1.95 bits per heavy atom. The van der Waals surface area contributed by atoms with Gasteiger partial charge in [0.05, 0.1) is 12.7 Å². The number of ketones is 1. The van der Waals surface area contributed by atoms with Gasteiger partial charge in [-0.25, -0.2) is 4.79 Å². The van der Waals surface area contributed by atoms with Crippen molar-refractivity contribution < 1.29 is 38.9 Å². The minimum absolute atomic E-state index is 0.0525. The van der Waals surface area contributed by atoms with Crippen LogP contribution in [0.3, 0.4) is 0 Å². The van der Waals surface area contributed by atoms with Gasteiger partial charge in [0.1, 0.15) is 18.5 Å². The van der Waals surface area contributed by atoms with Crippen LogP contribution in [0.25, 0.3) is 0 Å². The van der Waals surface area contributed by atoms with E-state index in [1.807, 2.05) is 27.7 Å². The van der Waals surface area contributed by atoms with Gasteiger partial charge in [-0.05, 0) is 68.5 Å². The first kappa shape index (κ1) is 33.7. The Kier molecular flexibility index (Phi) is 10.4. The van der Waals surface area contributed by atoms with Crippen molar-refractivity contribution in [3.63, 3.8) is 0 Å². The lowest BCUT2D eigenvalue weighted by Crippen LogP contribution is -2.64. The number of nitrogens with zero attached hydrogens (tertiary/aromatic N) is 1. The molecule has 0 aromatic rings. The van der Waals surface area contributed by atoms with Crippen molar-refractivity contribution in [1.29, 1.82) is 0 Å². The molecule has 2 bridgehead atoms. The Labute approximate surface area is 262 Å². The van der Waals surface area contributed by atoms with Gasteiger partial charge in [0.2, 0.25) is 10.3 Å². The second-order valence-corrected chi connectivity index (χ2v) is 15.9. The Balaban J connectivity index is 1.79. The lowest BCUT2D eigenvalue weighted by molar-refractivity contribution is -0.213. The van der Waals surface area contributed by atoms with Gasteiger partial charge < -0.3 is 19.7 Å². The number of ether oxygens (including phenoxy) is 2. The highest BCUT2D eigenvalue weighted by Crippen LogP contribution is 2.68. The van der Waals surface area contributed by atoms with Gasteiger partial charge in [-0.1, -0.05) is 51.2 Å². The Bertz CT molecular complexity index is 1100. The number of thioether (sulfide) groups is 2. The Hall–Kier alpha value is -1.21. The zero-order chi connectivity index (χ0) is 31.0. The van der Waals surface area contributed by atoms with Gasteiger partial charge >= 0.3 is 5.97 Å². The van der Waals surface area contributed by atoms with Crippen LogP contribution in [-0.4, -0.2) is 85.4 Å². The maximum atomic E-state index is 13.6. The van der Waals surface area contributed by atoms with Crippen molar-refractivity contribution in [2.45, 2.75) is 97.0 Å². The molecule has 0 spiro atoms. The summed E-state index contributed by atoms with van der Waals surface area (Å²) in [6.45, 7) is 9.94. The molecule has 3 saturated carbocycles. The van der Waals surface area contributed by atoms with E-state index in [1.165, 1.54) is 16.7 Å². The second-order valence-electron chi connectivity index (χ2n) is 13.0. The summed E-state index contributed by atoms with van der Waals surface area (Å²) in [4.78, 5) is 53.0. The molecule has 42 heavy (non-hydrogen) atoms. The van der Waals surface area contributed by atoms with Crippen molar-refractivity contribution in [3.8, 4) is 0 Å². The van der Waals surface area contributed by atoms with E-state index in [0.29, 0.717) is 42.5 Å². The van der Waals surface area contributed by atoms with Crippen LogP contribution in [0.5, 0.6) is 0 Å². The molecular weight excluding hydrogens is 599 g/mol. The number of esters is 1. The van der Waals surface area contributed by atoms with Gasteiger partial charge in [0, 0.05) is 47.1 Å². The molecule has 4 rings (SSSR count). The molecule has 12 heteroatoms. The van der Waals surface area contributed by atoms with Crippen LogP contribution < -0.4 is 0 Å². The summed E-state index contributed by atoms with van der Waals surface area (Å²) in [6, 6.07) is 0. The highest BCUT2D eigenvalue weighted by atomic mass is 32.2. The molecule has 1 unspecified atom stereocenters. The number of rotatable bonds is 8. The van der Waals surface area contributed by atoms with Crippen molar-refractivity contribution in [2.24, 2.45) is 34.0 Å². The number of aliphatic hydroxyl groups excluding tert-OH is 2. The Morgan fingerprint density at radius 3 is 2.57 bits per heavy atom. The third-order valence-electron chi connectivity index (χ3n) is 11.2. The van der Waals surface area contributed by atoms with Gasteiger partial charge in [-0.2, -0.15) is 0 Å². The summed E-state index contributed by atoms with van der Waals surface area (Å²) in [5.41, 5.74) is -2.11. The fraction of sp³-hybridized carbons (Fsp3) is 0.833. The molecule has 9 nitrogen and oxygen atoms in total. The van der Waals surface area contributed by atoms with E-state index in [9.17, 15) is 29.4 Å². The van der Waals surface area contributed by atoms with E-state index in [2.05, 4.69) is 6.92 Å². The van der Waals surface area contributed by atoms with Crippen molar-refractivity contribution in [1.82, 2.24) is 4.90 Å². The van der Waals surface area contributed by atoms with Gasteiger partial charge in [-0.3, -0.25) is 19.3 Å². The van der Waals surface area contributed by atoms with Crippen molar-refractivity contribution >= 4 is 63.0 Å². The molecule has 0 radical (unpaired) electrons. The van der Waals surface area contributed by atoms with Crippen LogP contribution >= 0.6 is 35.7 Å². The van der Waals surface area contributed by atoms with Gasteiger partial charge in [-0.15, -0.1) is 0 Å². The number of thiocarbonyl (C=S) groups is 1. The molecule has 3 aliphatic carbocycles. The highest BCUT2D eigenvalue weighted by Gasteiger charge is 2.69. The molecule has 4 aliphatic rings. The standard InChI is InChI=1S/C30H45NO8S3/c1-6-38-27(40)42-21(7-8-22(34)31-13-14-41-26(31)37)28(4)15-20(39-23(35)16-32)29(5)17(2)9-11-30(18(3)25(28)36)12-10-19(33)24(29)30/h17-18,20-21,24-25,32,36H,6-16H2,1-5H3/t17-,18+,20-,21?,24+,25+,28+,29+,30+/m1/s1. The maximum Gasteiger partial charge on any atom is 0.332 e. The highest BCUT2D eigenvalue weighted by molar-refractivity contribution is 8.23. The van der Waals surface area contributed by atoms with Crippen LogP contribution in [0.15, 0.2) is 0 Å². The molecule has 236 valence electrons. The predicted octanol–water partition coefficient (Wildman–Crippen LogP) is 4.60. The summed E-state index contributed by atoms with van der Waals surface area (Å²) in [7, 11) is 0. The smallest absolute Gasteiger partial charge is 0.332 e. The van der Waals surface area contributed by atoms with E-state index in [4.69, 9.17) is 21.7 Å². The number of hydrogen-bond donors (Lipinski definition) is 2. The molecule has 4 fully saturated rings. The maximum absolute atomic E-state index is 13.6. The van der Waals surface area contributed by atoms with E-state index in [-0.39, 0.29) is 47.5 Å². The first-order chi connectivity index (χ1) is 19.8. The monoisotopic (exact) mass is 643 g/mol.